The largest absolute Gasteiger partial charge is 0.497 e. The molecule has 2 rings (SSSR count). The number of methoxy groups -OCH3 is 1. The van der Waals surface area contributed by atoms with Crippen LogP contribution in [0.3, 0.4) is 0 Å². The van der Waals surface area contributed by atoms with E-state index in [4.69, 9.17) is 16.3 Å². The highest BCUT2D eigenvalue weighted by atomic mass is 35.5. The van der Waals surface area contributed by atoms with Crippen LogP contribution in [0.15, 0.2) is 24.3 Å². The van der Waals surface area contributed by atoms with Gasteiger partial charge in [0.05, 0.1) is 7.11 Å². The molecule has 98 valence electrons. The lowest BCUT2D eigenvalue weighted by atomic mass is 10.1. The van der Waals surface area contributed by atoms with Crippen LogP contribution in [0.2, 0.25) is 0 Å². The molecule has 0 aromatic heterocycles. The third kappa shape index (κ3) is 3.39. The Hall–Kier alpha value is -1.22. The van der Waals surface area contributed by atoms with Gasteiger partial charge in [-0.1, -0.05) is 0 Å². The van der Waals surface area contributed by atoms with Crippen molar-refractivity contribution in [3.8, 4) is 5.75 Å². The van der Waals surface area contributed by atoms with Gasteiger partial charge in [-0.2, -0.15) is 0 Å². The van der Waals surface area contributed by atoms with Crippen LogP contribution in [-0.2, 0) is 0 Å². The smallest absolute Gasteiger partial charge is 0.251 e. The van der Waals surface area contributed by atoms with Crippen molar-refractivity contribution in [2.24, 2.45) is 5.92 Å². The molecule has 0 heterocycles. The summed E-state index contributed by atoms with van der Waals surface area (Å²) in [7, 11) is 1.61. The molecule has 4 heteroatoms. The van der Waals surface area contributed by atoms with Crippen LogP contribution in [0.5, 0.6) is 5.75 Å². The summed E-state index contributed by atoms with van der Waals surface area (Å²) < 4.78 is 5.06. The van der Waals surface area contributed by atoms with Crippen molar-refractivity contribution < 1.29 is 9.53 Å². The number of carbonyl (C=O) groups is 1. The predicted octanol–water partition coefficient (Wildman–Crippen LogP) is 2.83. The normalized spacial score (nSPS) is 22.8. The van der Waals surface area contributed by atoms with Gasteiger partial charge in [-0.15, -0.1) is 11.6 Å². The van der Waals surface area contributed by atoms with Crippen molar-refractivity contribution >= 4 is 17.5 Å². The molecule has 0 aliphatic heterocycles. The minimum absolute atomic E-state index is 0.0318. The molecule has 18 heavy (non-hydrogen) atoms. The molecule has 0 bridgehead atoms. The Balaban J connectivity index is 1.83. The van der Waals surface area contributed by atoms with Gasteiger partial charge in [0.15, 0.2) is 0 Å². The second-order valence-corrected chi connectivity index (χ2v) is 5.33. The quantitative estimate of drug-likeness (QED) is 0.852. The van der Waals surface area contributed by atoms with Gasteiger partial charge in [-0.05, 0) is 49.4 Å². The highest BCUT2D eigenvalue weighted by Gasteiger charge is 2.23. The number of benzene rings is 1. The Morgan fingerprint density at radius 2 is 2.11 bits per heavy atom. The summed E-state index contributed by atoms with van der Waals surface area (Å²) >= 11 is 6.05. The molecule has 1 amide bonds. The van der Waals surface area contributed by atoms with Crippen molar-refractivity contribution in [2.45, 2.75) is 24.6 Å². The van der Waals surface area contributed by atoms with Crippen molar-refractivity contribution in [3.05, 3.63) is 29.8 Å². The average Bonchev–Trinajstić information content (AvgIpc) is 2.82. The number of carbonyl (C=O) groups excluding carboxylic acids is 1. The molecule has 0 radical (unpaired) electrons. The van der Waals surface area contributed by atoms with E-state index in [2.05, 4.69) is 5.32 Å². The van der Waals surface area contributed by atoms with Crippen LogP contribution in [-0.4, -0.2) is 24.9 Å². The number of hydrogen-bond donors (Lipinski definition) is 1. The number of nitrogens with one attached hydrogen (secondary N) is 1. The fourth-order valence-electron chi connectivity index (χ4n) is 2.28. The van der Waals surface area contributed by atoms with Crippen LogP contribution in [0, 0.1) is 5.92 Å². The van der Waals surface area contributed by atoms with E-state index in [1.807, 2.05) is 0 Å². The van der Waals surface area contributed by atoms with Crippen molar-refractivity contribution in [1.29, 1.82) is 0 Å². The van der Waals surface area contributed by atoms with E-state index in [1.165, 1.54) is 0 Å². The molecule has 0 spiro atoms. The molecule has 0 saturated heterocycles. The molecule has 3 nitrogen and oxygen atoms in total. The maximum atomic E-state index is 11.9. The minimum atomic E-state index is -0.0318. The zero-order chi connectivity index (χ0) is 13.0. The van der Waals surface area contributed by atoms with E-state index in [0.717, 1.165) is 25.0 Å². The maximum Gasteiger partial charge on any atom is 0.251 e. The van der Waals surface area contributed by atoms with Gasteiger partial charge in [0, 0.05) is 17.5 Å². The molecule has 1 aromatic carbocycles. The number of amides is 1. The van der Waals surface area contributed by atoms with Crippen LogP contribution >= 0.6 is 11.6 Å². The second-order valence-electron chi connectivity index (χ2n) is 4.71. The molecule has 1 aliphatic rings. The van der Waals surface area contributed by atoms with Crippen molar-refractivity contribution in [1.82, 2.24) is 5.32 Å². The Morgan fingerprint density at radius 1 is 1.39 bits per heavy atom. The van der Waals surface area contributed by atoms with E-state index in [9.17, 15) is 4.79 Å². The fraction of sp³-hybridized carbons (Fsp3) is 0.500. The summed E-state index contributed by atoms with van der Waals surface area (Å²) in [4.78, 5) is 11.9. The first kappa shape index (κ1) is 13.2. The lowest BCUT2D eigenvalue weighted by Crippen LogP contribution is -2.28. The Morgan fingerprint density at radius 3 is 2.67 bits per heavy atom. The summed E-state index contributed by atoms with van der Waals surface area (Å²) in [5, 5.41) is 3.25. The van der Waals surface area contributed by atoms with Gasteiger partial charge in [-0.25, -0.2) is 0 Å². The van der Waals surface area contributed by atoms with E-state index in [-0.39, 0.29) is 11.3 Å². The molecule has 1 fully saturated rings. The summed E-state index contributed by atoms with van der Waals surface area (Å²) in [6.45, 7) is 0.716. The van der Waals surface area contributed by atoms with E-state index in [0.29, 0.717) is 18.0 Å². The lowest BCUT2D eigenvalue weighted by molar-refractivity contribution is 0.0947. The highest BCUT2D eigenvalue weighted by molar-refractivity contribution is 6.20. The second kappa shape index (κ2) is 6.10. The van der Waals surface area contributed by atoms with Gasteiger partial charge in [0.1, 0.15) is 5.75 Å². The average molecular weight is 268 g/mol. The monoisotopic (exact) mass is 267 g/mol. The molecule has 1 aliphatic carbocycles. The zero-order valence-electron chi connectivity index (χ0n) is 10.5. The van der Waals surface area contributed by atoms with E-state index < -0.39 is 0 Å². The van der Waals surface area contributed by atoms with Crippen LogP contribution in [0.25, 0.3) is 0 Å². The Labute approximate surface area is 112 Å². The highest BCUT2D eigenvalue weighted by Crippen LogP contribution is 2.28. The van der Waals surface area contributed by atoms with E-state index >= 15 is 0 Å². The van der Waals surface area contributed by atoms with Crippen LogP contribution < -0.4 is 10.1 Å². The lowest BCUT2D eigenvalue weighted by Gasteiger charge is -2.11. The van der Waals surface area contributed by atoms with Gasteiger partial charge in [-0.3, -0.25) is 4.79 Å². The van der Waals surface area contributed by atoms with Gasteiger partial charge < -0.3 is 10.1 Å². The van der Waals surface area contributed by atoms with E-state index in [1.54, 1.807) is 31.4 Å². The standard InChI is InChI=1S/C14H18ClNO2/c1-18-13-6-3-11(4-7-13)14(17)16-9-10-2-5-12(15)8-10/h3-4,6-7,10,12H,2,5,8-9H2,1H3,(H,16,17). The van der Waals surface area contributed by atoms with Gasteiger partial charge >= 0.3 is 0 Å². The molecule has 1 aromatic rings. The molecule has 1 saturated carbocycles. The fourth-order valence-corrected chi connectivity index (χ4v) is 2.66. The number of rotatable bonds is 4. The van der Waals surface area contributed by atoms with Gasteiger partial charge in [0.2, 0.25) is 0 Å². The number of halogens is 1. The molecule has 1 N–H and O–H groups in total. The van der Waals surface area contributed by atoms with Gasteiger partial charge in [0.25, 0.3) is 5.91 Å². The summed E-state index contributed by atoms with van der Waals surface area (Å²) in [5.41, 5.74) is 0.663. The Bertz CT molecular complexity index is 405. The zero-order valence-corrected chi connectivity index (χ0v) is 11.2. The first-order valence-corrected chi connectivity index (χ1v) is 6.69. The first-order valence-electron chi connectivity index (χ1n) is 6.25. The molecule has 2 unspecified atom stereocenters. The molecular formula is C14H18ClNO2. The van der Waals surface area contributed by atoms with Crippen LogP contribution in [0.1, 0.15) is 29.6 Å². The number of hydrogen-bond acceptors (Lipinski definition) is 2. The topological polar surface area (TPSA) is 38.3 Å². The van der Waals surface area contributed by atoms with Crippen molar-refractivity contribution in [3.63, 3.8) is 0 Å². The SMILES string of the molecule is COc1ccc(C(=O)NCC2CCC(Cl)C2)cc1. The summed E-state index contributed by atoms with van der Waals surface area (Å²) in [6.07, 6.45) is 3.17. The maximum absolute atomic E-state index is 11.9. The van der Waals surface area contributed by atoms with Crippen molar-refractivity contribution in [2.75, 3.05) is 13.7 Å². The summed E-state index contributed by atoms with van der Waals surface area (Å²) in [5.74, 6) is 1.25. The predicted molar refractivity (Wildman–Crippen MR) is 72.3 cm³/mol. The van der Waals surface area contributed by atoms with Crippen LogP contribution in [0.4, 0.5) is 0 Å². The number of alkyl halides is 1. The number of ether oxygens (including phenoxy) is 1. The minimum Gasteiger partial charge on any atom is -0.497 e. The summed E-state index contributed by atoms with van der Waals surface area (Å²) in [6, 6.07) is 7.12. The molecule has 2 atom stereocenters. The third-order valence-corrected chi connectivity index (χ3v) is 3.78. The Kier molecular flexibility index (Phi) is 4.48. The third-order valence-electron chi connectivity index (χ3n) is 3.38. The first-order chi connectivity index (χ1) is 8.69. The molecular weight excluding hydrogens is 250 g/mol.